The third-order valence-electron chi connectivity index (χ3n) is 3.41. The first-order valence-corrected chi connectivity index (χ1v) is 6.68. The molecule has 1 amide bonds. The van der Waals surface area contributed by atoms with E-state index in [1.807, 2.05) is 0 Å². The summed E-state index contributed by atoms with van der Waals surface area (Å²) in [5, 5.41) is 21.6. The number of likely N-dealkylation sites (N-methyl/N-ethyl adjacent to an activating group) is 1. The van der Waals surface area contributed by atoms with Crippen molar-refractivity contribution in [2.75, 3.05) is 18.5 Å². The molecule has 0 aliphatic carbocycles. The van der Waals surface area contributed by atoms with E-state index in [2.05, 4.69) is 0 Å². The molecule has 0 unspecified atom stereocenters. The molecule has 2 aromatic rings. The maximum absolute atomic E-state index is 12.7. The van der Waals surface area contributed by atoms with Crippen molar-refractivity contribution >= 4 is 11.6 Å². The Bertz CT molecular complexity index is 660. The van der Waals surface area contributed by atoms with Crippen molar-refractivity contribution in [3.05, 3.63) is 76.3 Å². The number of rotatable bonds is 5. The summed E-state index contributed by atoms with van der Waals surface area (Å²) in [5.74, 6) is -0.749. The lowest BCUT2D eigenvalue weighted by molar-refractivity contribution is -0.498. The molecule has 0 radical (unpaired) electrons. The molecule has 2 rings (SSSR count). The Labute approximate surface area is 127 Å². The Balaban J connectivity index is 2.41. The minimum atomic E-state index is -2.21. The lowest BCUT2D eigenvalue weighted by Gasteiger charge is -2.28. The molecule has 6 nitrogen and oxygen atoms in total. The molecule has 0 bridgehead atoms. The highest BCUT2D eigenvalue weighted by atomic mass is 16.6. The summed E-state index contributed by atoms with van der Waals surface area (Å²) in [4.78, 5) is 24.1. The third-order valence-corrected chi connectivity index (χ3v) is 3.41. The van der Waals surface area contributed by atoms with Crippen LogP contribution in [-0.2, 0) is 10.4 Å². The van der Waals surface area contributed by atoms with Crippen LogP contribution in [-0.4, -0.2) is 29.5 Å². The zero-order valence-corrected chi connectivity index (χ0v) is 12.0. The summed E-state index contributed by atoms with van der Waals surface area (Å²) < 4.78 is 0. The SMILES string of the molecule is CN(C(=O)[C@@](O)(C[N+](=O)[O-])c1ccccc1)c1ccccc1. The number of benzene rings is 2. The van der Waals surface area contributed by atoms with E-state index in [1.54, 1.807) is 48.5 Å². The lowest BCUT2D eigenvalue weighted by atomic mass is 9.92. The van der Waals surface area contributed by atoms with Crippen LogP contribution in [0, 0.1) is 10.1 Å². The van der Waals surface area contributed by atoms with Crippen molar-refractivity contribution in [1.29, 1.82) is 0 Å². The van der Waals surface area contributed by atoms with Crippen LogP contribution in [0.15, 0.2) is 60.7 Å². The fourth-order valence-electron chi connectivity index (χ4n) is 2.23. The minimum absolute atomic E-state index is 0.194. The van der Waals surface area contributed by atoms with E-state index in [0.717, 1.165) is 0 Å². The van der Waals surface area contributed by atoms with Crippen molar-refractivity contribution in [2.24, 2.45) is 0 Å². The Hall–Kier alpha value is -2.73. The van der Waals surface area contributed by atoms with E-state index in [-0.39, 0.29) is 5.56 Å². The molecular weight excluding hydrogens is 284 g/mol. The van der Waals surface area contributed by atoms with Crippen LogP contribution in [0.5, 0.6) is 0 Å². The van der Waals surface area contributed by atoms with E-state index >= 15 is 0 Å². The third kappa shape index (κ3) is 3.12. The molecule has 0 aliphatic rings. The zero-order chi connectivity index (χ0) is 16.2. The Kier molecular flexibility index (Phi) is 4.53. The first-order chi connectivity index (χ1) is 10.4. The lowest BCUT2D eigenvalue weighted by Crippen LogP contribution is -2.49. The number of hydrogen-bond donors (Lipinski definition) is 1. The van der Waals surface area contributed by atoms with Crippen LogP contribution in [0.1, 0.15) is 5.56 Å². The molecule has 1 N–H and O–H groups in total. The van der Waals surface area contributed by atoms with Gasteiger partial charge < -0.3 is 10.0 Å². The second kappa shape index (κ2) is 6.36. The molecule has 22 heavy (non-hydrogen) atoms. The number of nitrogens with zero attached hydrogens (tertiary/aromatic N) is 2. The number of carbonyl (C=O) groups is 1. The molecule has 0 heterocycles. The van der Waals surface area contributed by atoms with Gasteiger partial charge in [0, 0.05) is 17.7 Å². The average molecular weight is 300 g/mol. The quantitative estimate of drug-likeness (QED) is 0.674. The molecule has 114 valence electrons. The molecular formula is C16H16N2O4. The fourth-order valence-corrected chi connectivity index (χ4v) is 2.23. The van der Waals surface area contributed by atoms with Gasteiger partial charge in [0.25, 0.3) is 5.91 Å². The predicted octanol–water partition coefficient (Wildman–Crippen LogP) is 1.81. The summed E-state index contributed by atoms with van der Waals surface area (Å²) in [6, 6.07) is 16.6. The maximum Gasteiger partial charge on any atom is 0.270 e. The number of para-hydroxylation sites is 1. The first-order valence-electron chi connectivity index (χ1n) is 6.68. The van der Waals surface area contributed by atoms with Gasteiger partial charge in [0.2, 0.25) is 12.1 Å². The monoisotopic (exact) mass is 300 g/mol. The van der Waals surface area contributed by atoms with Crippen LogP contribution in [0.4, 0.5) is 5.69 Å². The van der Waals surface area contributed by atoms with Crippen molar-refractivity contribution in [3.8, 4) is 0 Å². The number of aliphatic hydroxyl groups is 1. The number of hydrogen-bond acceptors (Lipinski definition) is 4. The highest BCUT2D eigenvalue weighted by Gasteiger charge is 2.45. The molecule has 0 spiro atoms. The average Bonchev–Trinajstić information content (AvgIpc) is 2.54. The van der Waals surface area contributed by atoms with E-state index in [1.165, 1.54) is 24.1 Å². The summed E-state index contributed by atoms with van der Waals surface area (Å²) in [5.41, 5.74) is -1.47. The summed E-state index contributed by atoms with van der Waals surface area (Å²) in [6.45, 7) is -0.896. The second-order valence-electron chi connectivity index (χ2n) is 4.92. The van der Waals surface area contributed by atoms with Crippen LogP contribution < -0.4 is 4.90 Å². The van der Waals surface area contributed by atoms with Gasteiger partial charge in [-0.25, -0.2) is 0 Å². The van der Waals surface area contributed by atoms with Gasteiger partial charge in [-0.2, -0.15) is 0 Å². The van der Waals surface area contributed by atoms with Crippen LogP contribution >= 0.6 is 0 Å². The molecule has 0 aromatic heterocycles. The maximum atomic E-state index is 12.7. The number of amides is 1. The Morgan fingerprint density at radius 2 is 1.64 bits per heavy atom. The minimum Gasteiger partial charge on any atom is -0.370 e. The summed E-state index contributed by atoms with van der Waals surface area (Å²) in [6.07, 6.45) is 0. The molecule has 0 saturated carbocycles. The van der Waals surface area contributed by atoms with E-state index in [0.29, 0.717) is 5.69 Å². The molecule has 0 fully saturated rings. The van der Waals surface area contributed by atoms with Gasteiger partial charge in [-0.1, -0.05) is 48.5 Å². The second-order valence-corrected chi connectivity index (χ2v) is 4.92. The standard InChI is InChI=1S/C16H16N2O4/c1-17(14-10-6-3-7-11-14)15(19)16(20,12-18(21)22)13-8-4-2-5-9-13/h2-11,20H,12H2,1H3/t16-/m1/s1. The Morgan fingerprint density at radius 1 is 1.14 bits per heavy atom. The molecule has 1 atom stereocenters. The van der Waals surface area contributed by atoms with Crippen molar-refractivity contribution < 1.29 is 14.8 Å². The molecule has 2 aromatic carbocycles. The topological polar surface area (TPSA) is 83.7 Å². The summed E-state index contributed by atoms with van der Waals surface area (Å²) in [7, 11) is 1.48. The normalized spacial score (nSPS) is 13.2. The number of nitro groups is 1. The molecule has 6 heteroatoms. The van der Waals surface area contributed by atoms with Gasteiger partial charge in [-0.15, -0.1) is 0 Å². The van der Waals surface area contributed by atoms with E-state index in [4.69, 9.17) is 0 Å². The van der Waals surface area contributed by atoms with Crippen LogP contribution in [0.3, 0.4) is 0 Å². The predicted molar refractivity (Wildman–Crippen MR) is 82.1 cm³/mol. The summed E-state index contributed by atoms with van der Waals surface area (Å²) >= 11 is 0. The molecule has 0 saturated heterocycles. The van der Waals surface area contributed by atoms with Gasteiger partial charge in [-0.05, 0) is 17.7 Å². The molecule has 0 aliphatic heterocycles. The number of carbonyl (C=O) groups excluding carboxylic acids is 1. The van der Waals surface area contributed by atoms with Gasteiger partial charge in [0.05, 0.1) is 0 Å². The van der Waals surface area contributed by atoms with Crippen molar-refractivity contribution in [3.63, 3.8) is 0 Å². The fraction of sp³-hybridized carbons (Fsp3) is 0.188. The smallest absolute Gasteiger partial charge is 0.270 e. The first kappa shape index (κ1) is 15.7. The number of anilines is 1. The highest BCUT2D eigenvalue weighted by molar-refractivity contribution is 5.99. The highest BCUT2D eigenvalue weighted by Crippen LogP contribution is 2.26. The van der Waals surface area contributed by atoms with Crippen LogP contribution in [0.2, 0.25) is 0 Å². The van der Waals surface area contributed by atoms with Gasteiger partial charge in [0.1, 0.15) is 0 Å². The van der Waals surface area contributed by atoms with Crippen molar-refractivity contribution in [1.82, 2.24) is 0 Å². The van der Waals surface area contributed by atoms with Gasteiger partial charge in [0.15, 0.2) is 0 Å². The van der Waals surface area contributed by atoms with E-state index < -0.39 is 23.0 Å². The Morgan fingerprint density at radius 3 is 2.14 bits per heavy atom. The largest absolute Gasteiger partial charge is 0.370 e. The zero-order valence-electron chi connectivity index (χ0n) is 12.0. The van der Waals surface area contributed by atoms with E-state index in [9.17, 15) is 20.0 Å². The van der Waals surface area contributed by atoms with Crippen molar-refractivity contribution in [2.45, 2.75) is 5.60 Å². The van der Waals surface area contributed by atoms with Gasteiger partial charge in [-0.3, -0.25) is 14.9 Å². The van der Waals surface area contributed by atoms with Crippen LogP contribution in [0.25, 0.3) is 0 Å². The van der Waals surface area contributed by atoms with Gasteiger partial charge >= 0.3 is 0 Å².